The molecule has 1 heterocycles. The molecular formula is C17H11F2N3O3. The van der Waals surface area contributed by atoms with Crippen LogP contribution in [0, 0.1) is 11.6 Å². The van der Waals surface area contributed by atoms with Crippen LogP contribution in [0.1, 0.15) is 20.8 Å². The number of carbonyl (C=O) groups is 2. The number of para-hydroxylation sites is 2. The lowest BCUT2D eigenvalue weighted by Crippen LogP contribution is -2.16. The van der Waals surface area contributed by atoms with E-state index in [1.165, 1.54) is 6.20 Å². The SMILES string of the molecule is COC(=O)c1cc(NC(=O)c2cnc3ccccc3n2)c(F)cc1F. The molecule has 0 saturated heterocycles. The third-order valence-electron chi connectivity index (χ3n) is 3.39. The van der Waals surface area contributed by atoms with Gasteiger partial charge in [-0.15, -0.1) is 0 Å². The fraction of sp³-hybridized carbons (Fsp3) is 0.0588. The summed E-state index contributed by atoms with van der Waals surface area (Å²) < 4.78 is 31.9. The first-order valence-electron chi connectivity index (χ1n) is 7.10. The van der Waals surface area contributed by atoms with Crippen LogP contribution in [0.25, 0.3) is 11.0 Å². The number of nitrogens with zero attached hydrogens (tertiary/aromatic N) is 2. The predicted molar refractivity (Wildman–Crippen MR) is 85.2 cm³/mol. The molecule has 1 amide bonds. The fourth-order valence-corrected chi connectivity index (χ4v) is 2.16. The van der Waals surface area contributed by atoms with Crippen molar-refractivity contribution in [1.29, 1.82) is 0 Å². The van der Waals surface area contributed by atoms with Gasteiger partial charge in [0, 0.05) is 6.07 Å². The third kappa shape index (κ3) is 3.27. The minimum absolute atomic E-state index is 0.0537. The van der Waals surface area contributed by atoms with Crippen molar-refractivity contribution in [2.45, 2.75) is 0 Å². The molecule has 0 aliphatic rings. The highest BCUT2D eigenvalue weighted by Crippen LogP contribution is 2.21. The van der Waals surface area contributed by atoms with Gasteiger partial charge in [-0.2, -0.15) is 0 Å². The molecule has 0 spiro atoms. The van der Waals surface area contributed by atoms with Crippen LogP contribution in [0.4, 0.5) is 14.5 Å². The first-order valence-corrected chi connectivity index (χ1v) is 7.10. The van der Waals surface area contributed by atoms with E-state index in [0.29, 0.717) is 17.1 Å². The number of nitrogens with one attached hydrogen (secondary N) is 1. The van der Waals surface area contributed by atoms with Crippen LogP contribution in [0.15, 0.2) is 42.6 Å². The molecule has 6 nitrogen and oxygen atoms in total. The topological polar surface area (TPSA) is 81.2 Å². The highest BCUT2D eigenvalue weighted by molar-refractivity contribution is 6.04. The van der Waals surface area contributed by atoms with Crippen molar-refractivity contribution >= 4 is 28.6 Å². The van der Waals surface area contributed by atoms with Crippen molar-refractivity contribution < 1.29 is 23.1 Å². The summed E-state index contributed by atoms with van der Waals surface area (Å²) in [5.41, 5.74) is 0.164. The number of rotatable bonds is 3. The van der Waals surface area contributed by atoms with E-state index in [9.17, 15) is 18.4 Å². The van der Waals surface area contributed by atoms with Crippen LogP contribution < -0.4 is 5.32 Å². The van der Waals surface area contributed by atoms with Gasteiger partial charge in [0.05, 0.1) is 35.6 Å². The maximum absolute atomic E-state index is 13.9. The van der Waals surface area contributed by atoms with Crippen LogP contribution in [0.2, 0.25) is 0 Å². The van der Waals surface area contributed by atoms with Gasteiger partial charge in [0.15, 0.2) is 0 Å². The zero-order chi connectivity index (χ0) is 18.0. The molecule has 0 atom stereocenters. The van der Waals surface area contributed by atoms with Crippen molar-refractivity contribution in [2.24, 2.45) is 0 Å². The number of amides is 1. The predicted octanol–water partition coefficient (Wildman–Crippen LogP) is 2.95. The number of hydrogen-bond donors (Lipinski definition) is 1. The summed E-state index contributed by atoms with van der Waals surface area (Å²) in [6.45, 7) is 0. The number of ether oxygens (including phenoxy) is 1. The number of esters is 1. The quantitative estimate of drug-likeness (QED) is 0.740. The minimum Gasteiger partial charge on any atom is -0.465 e. The summed E-state index contributed by atoms with van der Waals surface area (Å²) in [5.74, 6) is -3.86. The number of anilines is 1. The van der Waals surface area contributed by atoms with E-state index in [1.807, 2.05) is 0 Å². The Kier molecular flexibility index (Phi) is 4.34. The van der Waals surface area contributed by atoms with Gasteiger partial charge in [0.25, 0.3) is 5.91 Å². The average Bonchev–Trinajstić information content (AvgIpc) is 2.62. The first-order chi connectivity index (χ1) is 12.0. The van der Waals surface area contributed by atoms with Crippen molar-refractivity contribution in [1.82, 2.24) is 9.97 Å². The second-order valence-corrected chi connectivity index (χ2v) is 5.00. The standard InChI is InChI=1S/C17H11F2N3O3/c1-25-17(24)9-6-14(11(19)7-10(9)18)22-16(23)15-8-20-12-4-2-3-5-13(12)21-15/h2-8H,1H3,(H,22,23). The highest BCUT2D eigenvalue weighted by Gasteiger charge is 2.19. The van der Waals surface area contributed by atoms with E-state index in [2.05, 4.69) is 20.0 Å². The smallest absolute Gasteiger partial charge is 0.340 e. The molecule has 0 bridgehead atoms. The number of fused-ring (bicyclic) bond motifs is 1. The molecule has 0 aliphatic heterocycles. The summed E-state index contributed by atoms with van der Waals surface area (Å²) >= 11 is 0. The molecular weight excluding hydrogens is 332 g/mol. The molecule has 1 N–H and O–H groups in total. The van der Waals surface area contributed by atoms with Gasteiger partial charge in [-0.1, -0.05) is 12.1 Å². The lowest BCUT2D eigenvalue weighted by Gasteiger charge is -2.09. The van der Waals surface area contributed by atoms with Crippen molar-refractivity contribution in [2.75, 3.05) is 12.4 Å². The number of methoxy groups -OCH3 is 1. The number of carbonyl (C=O) groups excluding carboxylic acids is 2. The van der Waals surface area contributed by atoms with Crippen molar-refractivity contribution in [3.8, 4) is 0 Å². The molecule has 1 aromatic heterocycles. The van der Waals surface area contributed by atoms with Crippen LogP contribution in [-0.2, 0) is 4.74 Å². The van der Waals surface area contributed by atoms with Gasteiger partial charge < -0.3 is 10.1 Å². The summed E-state index contributed by atoms with van der Waals surface area (Å²) in [6, 6.07) is 8.27. The molecule has 3 rings (SSSR count). The Balaban J connectivity index is 1.92. The van der Waals surface area contributed by atoms with Crippen LogP contribution >= 0.6 is 0 Å². The van der Waals surface area contributed by atoms with E-state index in [-0.39, 0.29) is 11.4 Å². The maximum atomic E-state index is 13.9. The Morgan fingerprint density at radius 3 is 2.52 bits per heavy atom. The Bertz CT molecular complexity index is 992. The maximum Gasteiger partial charge on any atom is 0.340 e. The molecule has 0 aliphatic carbocycles. The van der Waals surface area contributed by atoms with Crippen LogP contribution in [0.5, 0.6) is 0 Å². The summed E-state index contributed by atoms with van der Waals surface area (Å²) in [5, 5.41) is 2.25. The van der Waals surface area contributed by atoms with E-state index >= 15 is 0 Å². The van der Waals surface area contributed by atoms with Gasteiger partial charge in [-0.3, -0.25) is 9.78 Å². The summed E-state index contributed by atoms with van der Waals surface area (Å²) in [6.07, 6.45) is 1.24. The van der Waals surface area contributed by atoms with Crippen molar-refractivity contribution in [3.63, 3.8) is 0 Å². The van der Waals surface area contributed by atoms with Crippen LogP contribution in [-0.4, -0.2) is 29.0 Å². The average molecular weight is 343 g/mol. The molecule has 0 radical (unpaired) electrons. The zero-order valence-electron chi connectivity index (χ0n) is 12.9. The molecule has 2 aromatic carbocycles. The Hall–Kier alpha value is -3.42. The highest BCUT2D eigenvalue weighted by atomic mass is 19.1. The van der Waals surface area contributed by atoms with E-state index < -0.39 is 29.1 Å². The molecule has 0 fully saturated rings. The van der Waals surface area contributed by atoms with Gasteiger partial charge in [0.1, 0.15) is 17.3 Å². The Morgan fingerprint density at radius 1 is 1.08 bits per heavy atom. The van der Waals surface area contributed by atoms with Crippen LogP contribution in [0.3, 0.4) is 0 Å². The minimum atomic E-state index is -1.09. The molecule has 0 unspecified atom stereocenters. The zero-order valence-corrected chi connectivity index (χ0v) is 12.9. The largest absolute Gasteiger partial charge is 0.465 e. The molecule has 0 saturated carbocycles. The fourth-order valence-electron chi connectivity index (χ4n) is 2.16. The number of hydrogen-bond acceptors (Lipinski definition) is 5. The lowest BCUT2D eigenvalue weighted by molar-refractivity contribution is 0.0595. The second-order valence-electron chi connectivity index (χ2n) is 5.00. The molecule has 3 aromatic rings. The lowest BCUT2D eigenvalue weighted by atomic mass is 10.1. The molecule has 126 valence electrons. The van der Waals surface area contributed by atoms with Gasteiger partial charge in [-0.05, 0) is 18.2 Å². The molecule has 8 heteroatoms. The number of halogens is 2. The molecule has 25 heavy (non-hydrogen) atoms. The van der Waals surface area contributed by atoms with E-state index in [4.69, 9.17) is 0 Å². The van der Waals surface area contributed by atoms with Gasteiger partial charge >= 0.3 is 5.97 Å². The first kappa shape index (κ1) is 16.4. The number of benzene rings is 2. The second kappa shape index (κ2) is 6.60. The summed E-state index contributed by atoms with van der Waals surface area (Å²) in [7, 11) is 1.06. The van der Waals surface area contributed by atoms with Crippen molar-refractivity contribution in [3.05, 3.63) is 65.5 Å². The number of aromatic nitrogens is 2. The third-order valence-corrected chi connectivity index (χ3v) is 3.39. The Labute approximate surface area is 140 Å². The van der Waals surface area contributed by atoms with Gasteiger partial charge in [0.2, 0.25) is 0 Å². The normalized spacial score (nSPS) is 10.5. The summed E-state index contributed by atoms with van der Waals surface area (Å²) in [4.78, 5) is 32.0. The van der Waals surface area contributed by atoms with Gasteiger partial charge in [-0.25, -0.2) is 18.6 Å². The Morgan fingerprint density at radius 2 is 1.80 bits per heavy atom. The monoisotopic (exact) mass is 343 g/mol. The van der Waals surface area contributed by atoms with E-state index in [1.54, 1.807) is 24.3 Å². The van der Waals surface area contributed by atoms with E-state index in [0.717, 1.165) is 13.2 Å².